The molecule has 0 radical (unpaired) electrons. The molecule has 1 heterocycles. The molecule has 26 heavy (non-hydrogen) atoms. The molecule has 0 spiro atoms. The summed E-state index contributed by atoms with van der Waals surface area (Å²) >= 11 is 0. The third-order valence-corrected chi connectivity index (χ3v) is 13.5. The van der Waals surface area contributed by atoms with E-state index in [1.807, 2.05) is 0 Å². The van der Waals surface area contributed by atoms with Gasteiger partial charge in [-0.25, -0.2) is 0 Å². The van der Waals surface area contributed by atoms with E-state index in [4.69, 9.17) is 22.4 Å². The van der Waals surface area contributed by atoms with Crippen LogP contribution in [0.15, 0.2) is 0 Å². The second-order valence-electron chi connectivity index (χ2n) is 9.34. The quantitative estimate of drug-likeness (QED) is 0.298. The van der Waals surface area contributed by atoms with Gasteiger partial charge in [0.05, 0.1) is 12.7 Å². The van der Waals surface area contributed by atoms with E-state index < -0.39 is 25.2 Å². The van der Waals surface area contributed by atoms with Gasteiger partial charge in [0.25, 0.3) is 0 Å². The Kier molecular flexibility index (Phi) is 10.8. The minimum atomic E-state index is -2.11. The molecule has 1 saturated heterocycles. The average molecular weight is 423 g/mol. The van der Waals surface area contributed by atoms with Gasteiger partial charge in [0.1, 0.15) is 0 Å². The maximum Gasteiger partial charge on any atom is 0.314 e. The maximum atomic E-state index is 6.51. The second kappa shape index (κ2) is 11.5. The fourth-order valence-electron chi connectivity index (χ4n) is 3.27. The van der Waals surface area contributed by atoms with E-state index in [9.17, 15) is 0 Å². The van der Waals surface area contributed by atoms with Gasteiger partial charge in [0.15, 0.2) is 16.6 Å². The van der Waals surface area contributed by atoms with E-state index in [0.717, 1.165) is 58.3 Å². The van der Waals surface area contributed by atoms with Gasteiger partial charge in [-0.3, -0.25) is 0 Å². The van der Waals surface area contributed by atoms with Crippen LogP contribution in [-0.4, -0.2) is 64.3 Å². The van der Waals surface area contributed by atoms with Gasteiger partial charge in [-0.1, -0.05) is 0 Å². The lowest BCUT2D eigenvalue weighted by Gasteiger charge is -2.38. The molecule has 0 aromatic rings. The van der Waals surface area contributed by atoms with Gasteiger partial charge in [0.2, 0.25) is 0 Å². The molecular formula is C18H42O5Si3. The number of ether oxygens (including phenoxy) is 3. The second-order valence-corrected chi connectivity index (χ2v) is 22.2. The van der Waals surface area contributed by atoms with Crippen LogP contribution in [0.2, 0.25) is 51.9 Å². The van der Waals surface area contributed by atoms with Crippen molar-refractivity contribution in [3.8, 4) is 0 Å². The molecule has 0 bridgehead atoms. The summed E-state index contributed by atoms with van der Waals surface area (Å²) in [5.74, 6) is 0. The molecule has 0 amide bonds. The first-order valence-electron chi connectivity index (χ1n) is 10.2. The first-order valence-corrected chi connectivity index (χ1v) is 19.5. The molecule has 0 aromatic carbocycles. The largest absolute Gasteiger partial charge is 0.437 e. The topological polar surface area (TPSA) is 46.2 Å². The zero-order valence-corrected chi connectivity index (χ0v) is 21.2. The van der Waals surface area contributed by atoms with Crippen molar-refractivity contribution in [2.45, 2.75) is 83.7 Å². The van der Waals surface area contributed by atoms with Crippen LogP contribution in [0.4, 0.5) is 0 Å². The third kappa shape index (κ3) is 12.8. The highest BCUT2D eigenvalue weighted by molar-refractivity contribution is 6.87. The van der Waals surface area contributed by atoms with Crippen LogP contribution in [0.5, 0.6) is 0 Å². The Hall–Kier alpha value is 0.451. The molecular weight excluding hydrogens is 380 g/mol. The zero-order valence-electron chi connectivity index (χ0n) is 18.2. The fourth-order valence-corrected chi connectivity index (χ4v) is 15.8. The van der Waals surface area contributed by atoms with Crippen molar-refractivity contribution in [1.82, 2.24) is 0 Å². The Balaban J connectivity index is 2.13. The number of rotatable bonds is 14. The van der Waals surface area contributed by atoms with Crippen molar-refractivity contribution >= 4 is 25.2 Å². The first-order chi connectivity index (χ1) is 12.0. The first kappa shape index (κ1) is 24.5. The van der Waals surface area contributed by atoms with Crippen molar-refractivity contribution < 1.29 is 22.4 Å². The summed E-state index contributed by atoms with van der Waals surface area (Å²) in [7, 11) is -5.32. The van der Waals surface area contributed by atoms with Gasteiger partial charge in [-0.05, 0) is 77.6 Å². The standard InChI is InChI=1S/C18H42O5Si3/c1-24(2,3)22-26(7,23-25(4,5)6)16-10-14-19-12-9-13-20-17-18-11-8-15-21-18/h18H,8-17H2,1-7H3. The molecule has 0 N–H and O–H groups in total. The highest BCUT2D eigenvalue weighted by atomic mass is 28.5. The van der Waals surface area contributed by atoms with Crippen molar-refractivity contribution in [3.05, 3.63) is 0 Å². The molecule has 0 aromatic heterocycles. The summed E-state index contributed by atoms with van der Waals surface area (Å²) in [6, 6.07) is 1.01. The highest BCUT2D eigenvalue weighted by Gasteiger charge is 2.39. The van der Waals surface area contributed by atoms with Crippen molar-refractivity contribution in [2.75, 3.05) is 33.0 Å². The summed E-state index contributed by atoms with van der Waals surface area (Å²) in [5, 5.41) is 0. The van der Waals surface area contributed by atoms with Crippen molar-refractivity contribution in [1.29, 1.82) is 0 Å². The smallest absolute Gasteiger partial charge is 0.314 e. The Labute approximate surface area is 164 Å². The zero-order chi connectivity index (χ0) is 19.7. The Morgan fingerprint density at radius 3 is 1.92 bits per heavy atom. The Bertz CT molecular complexity index is 360. The van der Waals surface area contributed by atoms with Gasteiger partial charge in [-0.2, -0.15) is 0 Å². The SMILES string of the molecule is C[Si](C)(C)O[Si](C)(CCCOCCCOCC1CCCO1)O[Si](C)(C)C. The minimum Gasteiger partial charge on any atom is -0.437 e. The van der Waals surface area contributed by atoms with E-state index in [0.29, 0.717) is 6.10 Å². The van der Waals surface area contributed by atoms with Gasteiger partial charge in [0, 0.05) is 26.4 Å². The lowest BCUT2D eigenvalue weighted by atomic mass is 10.2. The molecule has 1 fully saturated rings. The summed E-state index contributed by atoms with van der Waals surface area (Å²) < 4.78 is 30.0. The monoisotopic (exact) mass is 422 g/mol. The molecule has 1 atom stereocenters. The Morgan fingerprint density at radius 2 is 1.38 bits per heavy atom. The van der Waals surface area contributed by atoms with Crippen LogP contribution in [0, 0.1) is 0 Å². The summed E-state index contributed by atoms with van der Waals surface area (Å²) in [5.41, 5.74) is 0. The van der Waals surface area contributed by atoms with Crippen LogP contribution >= 0.6 is 0 Å². The van der Waals surface area contributed by atoms with Crippen LogP contribution in [0.3, 0.4) is 0 Å². The minimum absolute atomic E-state index is 0.316. The molecule has 1 aliphatic rings. The molecule has 0 saturated carbocycles. The predicted molar refractivity (Wildman–Crippen MR) is 115 cm³/mol. The van der Waals surface area contributed by atoms with Gasteiger partial charge < -0.3 is 22.4 Å². The van der Waals surface area contributed by atoms with Crippen molar-refractivity contribution in [3.63, 3.8) is 0 Å². The molecule has 1 unspecified atom stereocenters. The molecule has 156 valence electrons. The predicted octanol–water partition coefficient (Wildman–Crippen LogP) is 4.75. The lowest BCUT2D eigenvalue weighted by molar-refractivity contribution is 0.00924. The normalized spacial score (nSPS) is 19.3. The van der Waals surface area contributed by atoms with E-state index in [1.54, 1.807) is 0 Å². The molecule has 8 heteroatoms. The van der Waals surface area contributed by atoms with E-state index >= 15 is 0 Å². The number of hydrogen-bond acceptors (Lipinski definition) is 5. The van der Waals surface area contributed by atoms with Gasteiger partial charge in [-0.15, -0.1) is 0 Å². The van der Waals surface area contributed by atoms with Crippen molar-refractivity contribution in [2.24, 2.45) is 0 Å². The van der Waals surface area contributed by atoms with E-state index in [1.165, 1.54) is 6.42 Å². The maximum absolute atomic E-state index is 6.51. The Morgan fingerprint density at radius 1 is 0.808 bits per heavy atom. The molecule has 0 aliphatic carbocycles. The van der Waals surface area contributed by atoms with Crippen LogP contribution < -0.4 is 0 Å². The summed E-state index contributed by atoms with van der Waals surface area (Å²) in [6.07, 6.45) is 4.57. The van der Waals surface area contributed by atoms with Crippen LogP contribution in [0.25, 0.3) is 0 Å². The highest BCUT2D eigenvalue weighted by Crippen LogP contribution is 2.25. The van der Waals surface area contributed by atoms with E-state index in [-0.39, 0.29) is 0 Å². The van der Waals surface area contributed by atoms with E-state index in [2.05, 4.69) is 45.8 Å². The third-order valence-electron chi connectivity index (χ3n) is 3.87. The molecule has 1 rings (SSSR count). The van der Waals surface area contributed by atoms with Gasteiger partial charge >= 0.3 is 8.56 Å². The van der Waals surface area contributed by atoms with Crippen LogP contribution in [0.1, 0.15) is 25.7 Å². The molecule has 1 aliphatic heterocycles. The lowest BCUT2D eigenvalue weighted by Crippen LogP contribution is -2.52. The fraction of sp³-hybridized carbons (Fsp3) is 1.00. The summed E-state index contributed by atoms with van der Waals surface area (Å²) in [4.78, 5) is 0. The number of hydrogen-bond donors (Lipinski definition) is 0. The molecule has 5 nitrogen and oxygen atoms in total. The van der Waals surface area contributed by atoms with Crippen LogP contribution in [-0.2, 0) is 22.4 Å². The average Bonchev–Trinajstić information content (AvgIpc) is 2.94. The summed E-state index contributed by atoms with van der Waals surface area (Å²) in [6.45, 7) is 19.6.